The zero-order valence-corrected chi connectivity index (χ0v) is 18.9. The van der Waals surface area contributed by atoms with Gasteiger partial charge in [-0.15, -0.1) is 0 Å². The summed E-state index contributed by atoms with van der Waals surface area (Å²) in [6.07, 6.45) is 7.97. The minimum absolute atomic E-state index is 0.00739. The Morgan fingerprint density at radius 1 is 1.19 bits per heavy atom. The predicted molar refractivity (Wildman–Crippen MR) is 121 cm³/mol. The number of benzene rings is 1. The van der Waals surface area contributed by atoms with Gasteiger partial charge in [-0.3, -0.25) is 4.79 Å². The maximum absolute atomic E-state index is 12.9. The van der Waals surface area contributed by atoms with Gasteiger partial charge in [0.1, 0.15) is 6.10 Å². The number of likely N-dealkylation sites (tertiary alicyclic amines) is 1. The van der Waals surface area contributed by atoms with Gasteiger partial charge in [-0.2, -0.15) is 0 Å². The monoisotopic (exact) mass is 423 g/mol. The van der Waals surface area contributed by atoms with E-state index in [9.17, 15) is 9.90 Å². The highest BCUT2D eigenvalue weighted by atomic mass is 16.6. The SMILES string of the molecule is C=C1CCC[C@]2(C)C[C@H]3OC(=O)[C@@H](CN4CCC(O)(Cc5ccccc5)CC4)[C@@H]3C[C@H]12. The van der Waals surface area contributed by atoms with Crippen LogP contribution in [0.15, 0.2) is 42.5 Å². The van der Waals surface area contributed by atoms with Gasteiger partial charge in [-0.25, -0.2) is 0 Å². The zero-order valence-electron chi connectivity index (χ0n) is 18.9. The van der Waals surface area contributed by atoms with E-state index in [0.717, 1.165) is 51.7 Å². The van der Waals surface area contributed by atoms with Crippen LogP contribution in [0.4, 0.5) is 0 Å². The first-order chi connectivity index (χ1) is 14.9. The minimum Gasteiger partial charge on any atom is -0.462 e. The Bertz CT molecular complexity index is 828. The second kappa shape index (κ2) is 8.04. The molecule has 4 heteroatoms. The summed E-state index contributed by atoms with van der Waals surface area (Å²) in [7, 11) is 0. The van der Waals surface area contributed by atoms with Gasteiger partial charge in [0.05, 0.1) is 11.5 Å². The lowest BCUT2D eigenvalue weighted by atomic mass is 9.55. The fourth-order valence-corrected chi connectivity index (χ4v) is 7.05. The van der Waals surface area contributed by atoms with Crippen molar-refractivity contribution in [2.24, 2.45) is 23.2 Å². The van der Waals surface area contributed by atoms with Gasteiger partial charge < -0.3 is 14.7 Å². The molecular formula is C27H37NO3. The van der Waals surface area contributed by atoms with Gasteiger partial charge in [-0.1, -0.05) is 49.4 Å². The van der Waals surface area contributed by atoms with Crippen molar-refractivity contribution in [2.75, 3.05) is 19.6 Å². The standard InChI is InChI=1S/C27H37NO3/c1-19-7-6-10-26(2)17-24-21(15-23(19)26)22(25(29)31-24)18-28-13-11-27(30,12-14-28)16-20-8-4-3-5-9-20/h3-5,8-9,21-24,30H,1,6-7,10-18H2,2H3/t21-,22-,23+,24+,26+/m0/s1. The third kappa shape index (κ3) is 4.09. The lowest BCUT2D eigenvalue weighted by molar-refractivity contribution is -0.146. The Morgan fingerprint density at radius 2 is 1.94 bits per heavy atom. The van der Waals surface area contributed by atoms with Gasteiger partial charge in [0, 0.05) is 32.0 Å². The topological polar surface area (TPSA) is 49.8 Å². The summed E-state index contributed by atoms with van der Waals surface area (Å²) in [4.78, 5) is 15.2. The quantitative estimate of drug-likeness (QED) is 0.577. The number of piperidine rings is 1. The van der Waals surface area contributed by atoms with Crippen molar-refractivity contribution in [1.82, 2.24) is 4.90 Å². The van der Waals surface area contributed by atoms with Gasteiger partial charge in [-0.05, 0) is 61.8 Å². The number of rotatable bonds is 4. The summed E-state index contributed by atoms with van der Waals surface area (Å²) >= 11 is 0. The first-order valence-electron chi connectivity index (χ1n) is 12.2. The lowest BCUT2D eigenvalue weighted by Gasteiger charge is -2.50. The smallest absolute Gasteiger partial charge is 0.310 e. The van der Waals surface area contributed by atoms with Gasteiger partial charge in [0.15, 0.2) is 0 Å². The number of nitrogens with zero attached hydrogens (tertiary/aromatic N) is 1. The van der Waals surface area contributed by atoms with E-state index >= 15 is 0 Å². The fraction of sp³-hybridized carbons (Fsp3) is 0.667. The molecule has 2 aliphatic carbocycles. The minimum atomic E-state index is -0.636. The maximum Gasteiger partial charge on any atom is 0.310 e. The van der Waals surface area contributed by atoms with Crippen LogP contribution in [0.1, 0.15) is 57.4 Å². The molecule has 2 aliphatic heterocycles. The van der Waals surface area contributed by atoms with Crippen molar-refractivity contribution in [2.45, 2.75) is 70.0 Å². The highest BCUT2D eigenvalue weighted by molar-refractivity contribution is 5.75. The normalized spacial score (nSPS) is 37.7. The number of hydrogen-bond acceptors (Lipinski definition) is 4. The molecule has 2 saturated carbocycles. The van der Waals surface area contributed by atoms with E-state index in [1.54, 1.807) is 0 Å². The molecule has 0 aromatic heterocycles. The van der Waals surface area contributed by atoms with Crippen LogP contribution < -0.4 is 0 Å². The van der Waals surface area contributed by atoms with E-state index in [4.69, 9.17) is 4.74 Å². The molecule has 1 aromatic carbocycles. The van der Waals surface area contributed by atoms with Crippen LogP contribution in [-0.2, 0) is 16.0 Å². The van der Waals surface area contributed by atoms with E-state index in [2.05, 4.69) is 30.5 Å². The third-order valence-corrected chi connectivity index (χ3v) is 8.94. The number of carbonyl (C=O) groups excluding carboxylic acids is 1. The molecule has 1 aromatic rings. The Kier molecular flexibility index (Phi) is 5.50. The van der Waals surface area contributed by atoms with Crippen molar-refractivity contribution in [3.63, 3.8) is 0 Å². The number of hydrogen-bond donors (Lipinski definition) is 1. The largest absolute Gasteiger partial charge is 0.462 e. The summed E-state index contributed by atoms with van der Waals surface area (Å²) in [5, 5.41) is 11.1. The fourth-order valence-electron chi connectivity index (χ4n) is 7.05. The molecule has 0 unspecified atom stereocenters. The molecule has 0 spiro atoms. The molecule has 5 atom stereocenters. The summed E-state index contributed by atoms with van der Waals surface area (Å²) in [5.41, 5.74) is 2.21. The van der Waals surface area contributed by atoms with E-state index in [-0.39, 0.29) is 23.4 Å². The van der Waals surface area contributed by atoms with Crippen LogP contribution in [0.3, 0.4) is 0 Å². The highest BCUT2D eigenvalue weighted by Gasteiger charge is 2.55. The van der Waals surface area contributed by atoms with Crippen LogP contribution in [0, 0.1) is 23.2 Å². The first-order valence-corrected chi connectivity index (χ1v) is 12.2. The van der Waals surface area contributed by atoms with E-state index in [1.165, 1.54) is 24.0 Å². The summed E-state index contributed by atoms with van der Waals surface area (Å²) < 4.78 is 5.94. The molecule has 2 heterocycles. The average Bonchev–Trinajstić information content (AvgIpc) is 3.02. The number of ether oxygens (including phenoxy) is 1. The van der Waals surface area contributed by atoms with Crippen molar-refractivity contribution >= 4 is 5.97 Å². The molecule has 4 aliphatic rings. The van der Waals surface area contributed by atoms with Gasteiger partial charge >= 0.3 is 5.97 Å². The van der Waals surface area contributed by atoms with Crippen LogP contribution in [0.25, 0.3) is 0 Å². The molecule has 168 valence electrons. The molecule has 1 N–H and O–H groups in total. The van der Waals surface area contributed by atoms with Crippen LogP contribution >= 0.6 is 0 Å². The molecule has 0 radical (unpaired) electrons. The van der Waals surface area contributed by atoms with Crippen molar-refractivity contribution < 1.29 is 14.6 Å². The predicted octanol–water partition coefficient (Wildman–Crippen LogP) is 4.37. The molecule has 5 rings (SSSR count). The van der Waals surface area contributed by atoms with E-state index < -0.39 is 5.60 Å². The van der Waals surface area contributed by atoms with Gasteiger partial charge in [0.2, 0.25) is 0 Å². The van der Waals surface area contributed by atoms with Crippen LogP contribution in [-0.4, -0.2) is 47.3 Å². The van der Waals surface area contributed by atoms with Crippen LogP contribution in [0.5, 0.6) is 0 Å². The van der Waals surface area contributed by atoms with Crippen molar-refractivity contribution in [1.29, 1.82) is 0 Å². The van der Waals surface area contributed by atoms with E-state index in [1.807, 2.05) is 18.2 Å². The molecule has 31 heavy (non-hydrogen) atoms. The van der Waals surface area contributed by atoms with Crippen molar-refractivity contribution in [3.05, 3.63) is 48.0 Å². The molecule has 4 nitrogen and oxygen atoms in total. The Balaban J connectivity index is 1.21. The molecule has 4 fully saturated rings. The number of allylic oxidation sites excluding steroid dienone is 1. The second-order valence-electron chi connectivity index (χ2n) is 11.1. The molecular weight excluding hydrogens is 386 g/mol. The Labute approximate surface area is 186 Å². The second-order valence-corrected chi connectivity index (χ2v) is 11.1. The Hall–Kier alpha value is -1.65. The number of fused-ring (bicyclic) bond motifs is 2. The average molecular weight is 424 g/mol. The Morgan fingerprint density at radius 3 is 2.68 bits per heavy atom. The number of esters is 1. The van der Waals surface area contributed by atoms with Crippen LogP contribution in [0.2, 0.25) is 0 Å². The molecule has 2 saturated heterocycles. The first kappa shape index (κ1) is 21.2. The molecule has 0 amide bonds. The molecule has 0 bridgehead atoms. The number of carbonyl (C=O) groups is 1. The third-order valence-electron chi connectivity index (χ3n) is 8.94. The zero-order chi connectivity index (χ0) is 21.6. The number of aliphatic hydroxyl groups is 1. The maximum atomic E-state index is 12.9. The summed E-state index contributed by atoms with van der Waals surface area (Å²) in [6, 6.07) is 10.3. The van der Waals surface area contributed by atoms with E-state index in [0.29, 0.717) is 18.3 Å². The van der Waals surface area contributed by atoms with Crippen molar-refractivity contribution in [3.8, 4) is 0 Å². The lowest BCUT2D eigenvalue weighted by Crippen LogP contribution is -2.49. The summed E-state index contributed by atoms with van der Waals surface area (Å²) in [6.45, 7) is 9.26. The summed E-state index contributed by atoms with van der Waals surface area (Å²) in [5.74, 6) is 0.847. The highest BCUT2D eigenvalue weighted by Crippen LogP contribution is 2.57. The van der Waals surface area contributed by atoms with Gasteiger partial charge in [0.25, 0.3) is 0 Å².